The van der Waals surface area contributed by atoms with E-state index in [0.717, 1.165) is 17.7 Å². The largest absolute Gasteiger partial charge is 0.487 e. The summed E-state index contributed by atoms with van der Waals surface area (Å²) < 4.78 is 11.2. The van der Waals surface area contributed by atoms with Crippen LogP contribution in [-0.4, -0.2) is 24.7 Å². The zero-order valence-electron chi connectivity index (χ0n) is 11.3. The Morgan fingerprint density at radius 2 is 2.26 bits per heavy atom. The first-order valence-corrected chi connectivity index (χ1v) is 6.35. The number of benzene rings is 1. The summed E-state index contributed by atoms with van der Waals surface area (Å²) >= 11 is 0. The Balaban J connectivity index is 2.25. The molecular formula is C14H20N2O3. The molecule has 5 heteroatoms. The van der Waals surface area contributed by atoms with Gasteiger partial charge in [-0.1, -0.05) is 6.07 Å². The van der Waals surface area contributed by atoms with Crippen LogP contribution in [0.15, 0.2) is 18.2 Å². The van der Waals surface area contributed by atoms with Gasteiger partial charge in [-0.15, -0.1) is 0 Å². The fourth-order valence-corrected chi connectivity index (χ4v) is 2.44. The lowest BCUT2D eigenvalue weighted by molar-refractivity contribution is -0.119. The molecule has 0 saturated heterocycles. The number of hydrogen-bond acceptors (Lipinski definition) is 4. The van der Waals surface area contributed by atoms with Gasteiger partial charge >= 0.3 is 0 Å². The Morgan fingerprint density at radius 3 is 2.89 bits per heavy atom. The summed E-state index contributed by atoms with van der Waals surface area (Å²) in [6, 6.07) is 5.55. The summed E-state index contributed by atoms with van der Waals surface area (Å²) in [5.74, 6) is 1.13. The maximum absolute atomic E-state index is 10.7. The summed E-state index contributed by atoms with van der Waals surface area (Å²) in [4.78, 5) is 10.7. The van der Waals surface area contributed by atoms with Crippen molar-refractivity contribution >= 4 is 5.91 Å². The molecule has 0 spiro atoms. The van der Waals surface area contributed by atoms with Gasteiger partial charge in [-0.25, -0.2) is 0 Å². The normalized spacial score (nSPS) is 20.3. The van der Waals surface area contributed by atoms with Gasteiger partial charge < -0.3 is 20.9 Å². The molecule has 1 amide bonds. The molecule has 1 aliphatic rings. The molecule has 0 aliphatic carbocycles. The molecule has 0 saturated carbocycles. The van der Waals surface area contributed by atoms with Crippen molar-refractivity contribution in [3.8, 4) is 11.5 Å². The van der Waals surface area contributed by atoms with E-state index in [1.807, 2.05) is 26.0 Å². The van der Waals surface area contributed by atoms with E-state index in [9.17, 15) is 4.79 Å². The number of carbonyl (C=O) groups excluding carboxylic acids is 1. The standard InChI is InChI=1S/C14H20N2O3/c1-14(2)6-9(7-15)11-4-3-10(5-12(11)19-14)18-8-13(16)17/h3-5,9H,6-8,15H2,1-2H3,(H2,16,17). The minimum Gasteiger partial charge on any atom is -0.487 e. The first-order chi connectivity index (χ1) is 8.91. The molecule has 0 fully saturated rings. The van der Waals surface area contributed by atoms with E-state index in [1.54, 1.807) is 6.07 Å². The minimum absolute atomic E-state index is 0.136. The lowest BCUT2D eigenvalue weighted by Gasteiger charge is -2.37. The second kappa shape index (κ2) is 5.09. The second-order valence-electron chi connectivity index (χ2n) is 5.45. The fraction of sp³-hybridized carbons (Fsp3) is 0.500. The van der Waals surface area contributed by atoms with E-state index in [1.165, 1.54) is 0 Å². The van der Waals surface area contributed by atoms with Crippen LogP contribution < -0.4 is 20.9 Å². The van der Waals surface area contributed by atoms with Crippen LogP contribution in [0.4, 0.5) is 0 Å². The molecule has 2 rings (SSSR count). The lowest BCUT2D eigenvalue weighted by atomic mass is 9.84. The Labute approximate surface area is 112 Å². The molecule has 4 N–H and O–H groups in total. The molecule has 1 unspecified atom stereocenters. The molecule has 1 heterocycles. The number of ether oxygens (including phenoxy) is 2. The highest BCUT2D eigenvalue weighted by atomic mass is 16.5. The van der Waals surface area contributed by atoms with Crippen LogP contribution in [0.2, 0.25) is 0 Å². The number of amides is 1. The number of fused-ring (bicyclic) bond motifs is 1. The van der Waals surface area contributed by atoms with Gasteiger partial charge in [0.2, 0.25) is 0 Å². The van der Waals surface area contributed by atoms with E-state index in [0.29, 0.717) is 12.3 Å². The average molecular weight is 264 g/mol. The van der Waals surface area contributed by atoms with Crippen LogP contribution in [0.1, 0.15) is 31.7 Å². The van der Waals surface area contributed by atoms with E-state index in [-0.39, 0.29) is 18.1 Å². The third-order valence-corrected chi connectivity index (χ3v) is 3.21. The second-order valence-corrected chi connectivity index (χ2v) is 5.45. The summed E-state index contributed by atoms with van der Waals surface area (Å²) in [6.07, 6.45) is 0.887. The summed E-state index contributed by atoms with van der Waals surface area (Å²) in [6.45, 7) is 4.52. The third kappa shape index (κ3) is 3.17. The highest BCUT2D eigenvalue weighted by molar-refractivity contribution is 5.75. The van der Waals surface area contributed by atoms with Gasteiger partial charge in [-0.2, -0.15) is 0 Å². The average Bonchev–Trinajstić information content (AvgIpc) is 2.33. The molecular weight excluding hydrogens is 244 g/mol. The predicted molar refractivity (Wildman–Crippen MR) is 72.3 cm³/mol. The quantitative estimate of drug-likeness (QED) is 0.854. The van der Waals surface area contributed by atoms with Gasteiger partial charge in [0.1, 0.15) is 17.1 Å². The third-order valence-electron chi connectivity index (χ3n) is 3.21. The van der Waals surface area contributed by atoms with Crippen LogP contribution >= 0.6 is 0 Å². The zero-order valence-corrected chi connectivity index (χ0v) is 11.3. The van der Waals surface area contributed by atoms with Crippen molar-refractivity contribution in [3.63, 3.8) is 0 Å². The van der Waals surface area contributed by atoms with Gasteiger partial charge in [0.25, 0.3) is 5.91 Å². The monoisotopic (exact) mass is 264 g/mol. The molecule has 19 heavy (non-hydrogen) atoms. The molecule has 1 aromatic rings. The molecule has 1 aromatic carbocycles. The van der Waals surface area contributed by atoms with Crippen molar-refractivity contribution < 1.29 is 14.3 Å². The van der Waals surface area contributed by atoms with Crippen LogP contribution in [0, 0.1) is 0 Å². The Kier molecular flexibility index (Phi) is 3.66. The van der Waals surface area contributed by atoms with Crippen molar-refractivity contribution in [1.29, 1.82) is 0 Å². The van der Waals surface area contributed by atoms with E-state index in [4.69, 9.17) is 20.9 Å². The maximum atomic E-state index is 10.7. The van der Waals surface area contributed by atoms with Crippen LogP contribution in [-0.2, 0) is 4.79 Å². The number of hydrogen-bond donors (Lipinski definition) is 2. The highest BCUT2D eigenvalue weighted by Gasteiger charge is 2.33. The topological polar surface area (TPSA) is 87.6 Å². The van der Waals surface area contributed by atoms with Crippen molar-refractivity contribution in [2.75, 3.05) is 13.2 Å². The molecule has 104 valence electrons. The molecule has 5 nitrogen and oxygen atoms in total. The summed E-state index contributed by atoms with van der Waals surface area (Å²) in [5.41, 5.74) is 11.7. The van der Waals surface area contributed by atoms with Crippen LogP contribution in [0.25, 0.3) is 0 Å². The Bertz CT molecular complexity index is 486. The minimum atomic E-state index is -0.501. The van der Waals surface area contributed by atoms with Gasteiger partial charge in [0, 0.05) is 12.0 Å². The smallest absolute Gasteiger partial charge is 0.255 e. The van der Waals surface area contributed by atoms with E-state index < -0.39 is 5.91 Å². The molecule has 1 aliphatic heterocycles. The van der Waals surface area contributed by atoms with Gasteiger partial charge in [0.15, 0.2) is 6.61 Å². The number of carbonyl (C=O) groups is 1. The number of primary amides is 1. The van der Waals surface area contributed by atoms with Crippen molar-refractivity contribution in [2.24, 2.45) is 11.5 Å². The number of rotatable bonds is 4. The van der Waals surface area contributed by atoms with Crippen molar-refractivity contribution in [2.45, 2.75) is 31.8 Å². The summed E-state index contributed by atoms with van der Waals surface area (Å²) in [5, 5.41) is 0. The van der Waals surface area contributed by atoms with Crippen LogP contribution in [0.3, 0.4) is 0 Å². The first kappa shape index (κ1) is 13.7. The SMILES string of the molecule is CC1(C)CC(CN)c2ccc(OCC(N)=O)cc2O1. The highest BCUT2D eigenvalue weighted by Crippen LogP contribution is 2.41. The van der Waals surface area contributed by atoms with E-state index >= 15 is 0 Å². The van der Waals surface area contributed by atoms with Gasteiger partial charge in [-0.3, -0.25) is 4.79 Å². The summed E-state index contributed by atoms with van der Waals surface area (Å²) in [7, 11) is 0. The lowest BCUT2D eigenvalue weighted by Crippen LogP contribution is -2.37. The molecule has 1 atom stereocenters. The Morgan fingerprint density at radius 1 is 1.53 bits per heavy atom. The van der Waals surface area contributed by atoms with E-state index in [2.05, 4.69) is 0 Å². The van der Waals surface area contributed by atoms with Gasteiger partial charge in [-0.05, 0) is 38.4 Å². The molecule has 0 bridgehead atoms. The fourth-order valence-electron chi connectivity index (χ4n) is 2.44. The van der Waals surface area contributed by atoms with Crippen LogP contribution in [0.5, 0.6) is 11.5 Å². The number of nitrogens with two attached hydrogens (primary N) is 2. The van der Waals surface area contributed by atoms with Crippen molar-refractivity contribution in [3.05, 3.63) is 23.8 Å². The molecule has 0 radical (unpaired) electrons. The van der Waals surface area contributed by atoms with Gasteiger partial charge in [0.05, 0.1) is 0 Å². The first-order valence-electron chi connectivity index (χ1n) is 6.35. The zero-order chi connectivity index (χ0) is 14.0. The Hall–Kier alpha value is -1.75. The maximum Gasteiger partial charge on any atom is 0.255 e. The van der Waals surface area contributed by atoms with Crippen molar-refractivity contribution in [1.82, 2.24) is 0 Å². The predicted octanol–water partition coefficient (Wildman–Crippen LogP) is 1.15. The molecule has 0 aromatic heterocycles.